The van der Waals surface area contributed by atoms with Crippen molar-refractivity contribution in [2.75, 3.05) is 11.9 Å². The van der Waals surface area contributed by atoms with Crippen molar-refractivity contribution in [1.82, 2.24) is 4.90 Å². The van der Waals surface area contributed by atoms with Gasteiger partial charge in [-0.1, -0.05) is 73.7 Å². The van der Waals surface area contributed by atoms with E-state index in [1.165, 1.54) is 4.90 Å². The van der Waals surface area contributed by atoms with Crippen LogP contribution in [0.3, 0.4) is 0 Å². The summed E-state index contributed by atoms with van der Waals surface area (Å²) in [5.74, 6) is -2.72. The molecule has 4 aliphatic rings. The van der Waals surface area contributed by atoms with Crippen LogP contribution in [0.15, 0.2) is 72.8 Å². The third kappa shape index (κ3) is 2.93. The van der Waals surface area contributed by atoms with Gasteiger partial charge in [0.05, 0.1) is 11.8 Å². The van der Waals surface area contributed by atoms with E-state index in [1.807, 2.05) is 79.7 Å². The van der Waals surface area contributed by atoms with Crippen LogP contribution in [-0.4, -0.2) is 29.2 Å². The van der Waals surface area contributed by atoms with E-state index < -0.39 is 21.6 Å². The first kappa shape index (κ1) is 23.3. The van der Waals surface area contributed by atoms with Crippen LogP contribution in [0.5, 0.6) is 0 Å². The summed E-state index contributed by atoms with van der Waals surface area (Å²) >= 11 is 14.8. The van der Waals surface area contributed by atoms with Crippen LogP contribution in [0.4, 0.5) is 5.69 Å². The zero-order valence-electron chi connectivity index (χ0n) is 19.6. The van der Waals surface area contributed by atoms with Crippen LogP contribution < -0.4 is 5.32 Å². The first-order chi connectivity index (χ1) is 17.3. The Morgan fingerprint density at radius 3 is 1.72 bits per heavy atom. The number of benzene rings is 3. The predicted molar refractivity (Wildman–Crippen MR) is 139 cm³/mol. The molecule has 0 radical (unpaired) electrons. The number of aryl methyl sites for hydroxylation is 1. The van der Waals surface area contributed by atoms with Crippen molar-refractivity contribution in [2.24, 2.45) is 11.8 Å². The highest BCUT2D eigenvalue weighted by Gasteiger charge is 2.72. The minimum absolute atomic E-state index is 0.0144. The smallest absolute Gasteiger partial charge is 0.235 e. The Balaban J connectivity index is 1.34. The molecule has 0 unspecified atom stereocenters. The molecule has 182 valence electrons. The van der Waals surface area contributed by atoms with Crippen LogP contribution in [0.1, 0.15) is 41.2 Å². The quantitative estimate of drug-likeness (QED) is 0.374. The monoisotopic (exact) mass is 518 g/mol. The summed E-state index contributed by atoms with van der Waals surface area (Å²) in [6, 6.07) is 22.7. The number of halogens is 2. The maximum atomic E-state index is 13.8. The first-order valence-electron chi connectivity index (χ1n) is 12.1. The number of hydrogen-bond donors (Lipinski definition) is 1. The van der Waals surface area contributed by atoms with Crippen molar-refractivity contribution in [1.29, 1.82) is 0 Å². The van der Waals surface area contributed by atoms with Gasteiger partial charge in [-0.2, -0.15) is 0 Å². The minimum atomic E-state index is -1.21. The fraction of sp³-hybridized carbons (Fsp3) is 0.276. The SMILES string of the molecule is CCc1ccccc1NC(=O)CCN1C(=O)[C@@H]2[C@H](C1=O)C1(Cl)c3ccccc3C2(Cl)c2ccccc21. The lowest BCUT2D eigenvalue weighted by Crippen LogP contribution is -2.57. The topological polar surface area (TPSA) is 66.5 Å². The van der Waals surface area contributed by atoms with Gasteiger partial charge in [0.1, 0.15) is 9.75 Å². The van der Waals surface area contributed by atoms with E-state index in [2.05, 4.69) is 5.32 Å². The molecule has 2 bridgehead atoms. The summed E-state index contributed by atoms with van der Waals surface area (Å²) in [5, 5.41) is 2.91. The predicted octanol–water partition coefficient (Wildman–Crippen LogP) is 5.17. The van der Waals surface area contributed by atoms with Gasteiger partial charge in [0.2, 0.25) is 17.7 Å². The van der Waals surface area contributed by atoms with Crippen molar-refractivity contribution < 1.29 is 14.4 Å². The van der Waals surface area contributed by atoms with Crippen LogP contribution in [0, 0.1) is 11.8 Å². The van der Waals surface area contributed by atoms with E-state index in [0.29, 0.717) is 0 Å². The molecule has 3 aromatic rings. The van der Waals surface area contributed by atoms with Crippen molar-refractivity contribution >= 4 is 46.6 Å². The number of imide groups is 1. The second-order valence-corrected chi connectivity index (χ2v) is 10.8. The number of nitrogens with zero attached hydrogens (tertiary/aromatic N) is 1. The molecule has 3 aliphatic carbocycles. The lowest BCUT2D eigenvalue weighted by molar-refractivity contribution is -0.140. The third-order valence-electron chi connectivity index (χ3n) is 7.91. The van der Waals surface area contributed by atoms with E-state index in [4.69, 9.17) is 23.2 Å². The summed E-state index contributed by atoms with van der Waals surface area (Å²) in [7, 11) is 0. The molecule has 3 aromatic carbocycles. The van der Waals surface area contributed by atoms with Gasteiger partial charge in [-0.05, 0) is 40.3 Å². The average molecular weight is 519 g/mol. The van der Waals surface area contributed by atoms with E-state index in [-0.39, 0.29) is 30.7 Å². The molecule has 7 rings (SSSR count). The molecule has 3 amide bonds. The van der Waals surface area contributed by atoms with Crippen LogP contribution in [0.2, 0.25) is 0 Å². The van der Waals surface area contributed by atoms with Crippen molar-refractivity contribution in [3.8, 4) is 0 Å². The van der Waals surface area contributed by atoms with Crippen molar-refractivity contribution in [3.63, 3.8) is 0 Å². The molecule has 1 aliphatic heterocycles. The highest BCUT2D eigenvalue weighted by molar-refractivity contribution is 6.36. The molecule has 1 heterocycles. The standard InChI is InChI=1S/C29H24Cl2N2O3/c1-2-17-9-3-8-14-22(17)32-23(34)15-16-33-26(35)24-25(27(33)36)29(31)19-11-5-4-10-18(19)28(24,30)20-12-6-7-13-21(20)29/h3-14,24-25H,2,15-16H2,1H3,(H,32,34)/t24-,25+,28?,29?. The van der Waals surface area contributed by atoms with E-state index in [1.54, 1.807) is 0 Å². The Labute approximate surface area is 219 Å². The molecule has 5 nitrogen and oxygen atoms in total. The molecule has 0 spiro atoms. The molecule has 2 atom stereocenters. The van der Waals surface area contributed by atoms with Gasteiger partial charge in [-0.15, -0.1) is 23.2 Å². The number of likely N-dealkylation sites (tertiary alicyclic amines) is 1. The number of anilines is 1. The Bertz CT molecular complexity index is 1310. The fourth-order valence-electron chi connectivity index (χ4n) is 6.32. The van der Waals surface area contributed by atoms with Crippen molar-refractivity contribution in [3.05, 3.63) is 101 Å². The highest BCUT2D eigenvalue weighted by Crippen LogP contribution is 2.69. The number of para-hydroxylation sites is 1. The van der Waals surface area contributed by atoms with Gasteiger partial charge in [-0.25, -0.2) is 0 Å². The van der Waals surface area contributed by atoms with Gasteiger partial charge < -0.3 is 5.32 Å². The van der Waals surface area contributed by atoms with E-state index in [0.717, 1.165) is 39.9 Å². The van der Waals surface area contributed by atoms with Gasteiger partial charge in [0.15, 0.2) is 0 Å². The number of amides is 3. The molecule has 0 aromatic heterocycles. The summed E-state index contributed by atoms with van der Waals surface area (Å²) in [6.07, 6.45) is 0.763. The summed E-state index contributed by atoms with van der Waals surface area (Å²) in [4.78, 5) is 39.2. The Morgan fingerprint density at radius 2 is 1.25 bits per heavy atom. The first-order valence-corrected chi connectivity index (χ1v) is 12.9. The van der Waals surface area contributed by atoms with Gasteiger partial charge in [0.25, 0.3) is 0 Å². The number of carbonyl (C=O) groups excluding carboxylic acids is 3. The second-order valence-electron chi connectivity index (χ2n) is 9.61. The summed E-state index contributed by atoms with van der Waals surface area (Å²) in [6.45, 7) is 1.99. The number of carbonyl (C=O) groups is 3. The maximum absolute atomic E-state index is 13.8. The Hall–Kier alpha value is -3.15. The fourth-order valence-corrected chi connectivity index (χ4v) is 7.42. The summed E-state index contributed by atoms with van der Waals surface area (Å²) in [5.41, 5.74) is 4.81. The minimum Gasteiger partial charge on any atom is -0.326 e. The zero-order valence-corrected chi connectivity index (χ0v) is 21.1. The van der Waals surface area contributed by atoms with Crippen LogP contribution in [-0.2, 0) is 30.6 Å². The normalized spacial score (nSPS) is 27.5. The van der Waals surface area contributed by atoms with Crippen molar-refractivity contribution in [2.45, 2.75) is 29.5 Å². The molecule has 36 heavy (non-hydrogen) atoms. The van der Waals surface area contributed by atoms with Gasteiger partial charge in [-0.3, -0.25) is 19.3 Å². The van der Waals surface area contributed by atoms with E-state index in [9.17, 15) is 14.4 Å². The second kappa shape index (κ2) is 8.19. The maximum Gasteiger partial charge on any atom is 0.235 e. The zero-order chi connectivity index (χ0) is 25.2. The molecule has 1 saturated heterocycles. The lowest BCUT2D eigenvalue weighted by Gasteiger charge is -2.54. The molecular weight excluding hydrogens is 495 g/mol. The largest absolute Gasteiger partial charge is 0.326 e. The molecule has 1 fully saturated rings. The van der Waals surface area contributed by atoms with E-state index >= 15 is 0 Å². The molecule has 1 N–H and O–H groups in total. The third-order valence-corrected chi connectivity index (χ3v) is 9.20. The highest BCUT2D eigenvalue weighted by atomic mass is 35.5. The van der Waals surface area contributed by atoms with Gasteiger partial charge in [0, 0.05) is 18.7 Å². The van der Waals surface area contributed by atoms with Crippen LogP contribution in [0.25, 0.3) is 0 Å². The molecular formula is C29H24Cl2N2O3. The van der Waals surface area contributed by atoms with Crippen LogP contribution >= 0.6 is 23.2 Å². The number of rotatable bonds is 5. The summed E-state index contributed by atoms with van der Waals surface area (Å²) < 4.78 is 0. The average Bonchev–Trinajstić information content (AvgIpc) is 3.16. The molecule has 0 saturated carbocycles. The Kier molecular flexibility index (Phi) is 5.29. The molecule has 7 heteroatoms. The Morgan fingerprint density at radius 1 is 0.806 bits per heavy atom. The lowest BCUT2D eigenvalue weighted by atomic mass is 9.54. The number of alkyl halides is 2. The number of nitrogens with one attached hydrogen (secondary N) is 1. The van der Waals surface area contributed by atoms with Gasteiger partial charge >= 0.3 is 0 Å². The number of hydrogen-bond acceptors (Lipinski definition) is 3.